The van der Waals surface area contributed by atoms with E-state index in [2.05, 4.69) is 4.98 Å². The maximum absolute atomic E-state index is 13.6. The standard InChI is InChI=1S/C24H22N2O3S2/c1-16-9-11-20(17(2)13-16)23(27)26(15-18-7-5-4-6-8-18)24-25-21-12-10-19(31(3,28)29)14-22(21)30-24/h4-14H,15H2,1-3H3. The second kappa shape index (κ2) is 8.24. The molecule has 7 heteroatoms. The predicted molar refractivity (Wildman–Crippen MR) is 126 cm³/mol. The molecule has 4 aromatic rings. The van der Waals surface area contributed by atoms with E-state index in [0.717, 1.165) is 21.4 Å². The van der Waals surface area contributed by atoms with Gasteiger partial charge in [0.2, 0.25) is 0 Å². The van der Waals surface area contributed by atoms with Crippen LogP contribution in [0.3, 0.4) is 0 Å². The molecule has 0 aliphatic heterocycles. The minimum Gasteiger partial charge on any atom is -0.279 e. The highest BCUT2D eigenvalue weighted by atomic mass is 32.2. The fraction of sp³-hybridized carbons (Fsp3) is 0.167. The zero-order valence-electron chi connectivity index (χ0n) is 17.5. The van der Waals surface area contributed by atoms with Crippen molar-refractivity contribution in [1.29, 1.82) is 0 Å². The number of carbonyl (C=O) groups is 1. The van der Waals surface area contributed by atoms with E-state index in [-0.39, 0.29) is 10.8 Å². The van der Waals surface area contributed by atoms with Crippen LogP contribution in [-0.2, 0) is 16.4 Å². The van der Waals surface area contributed by atoms with Crippen LogP contribution < -0.4 is 4.90 Å². The fourth-order valence-corrected chi connectivity index (χ4v) is 5.15. The van der Waals surface area contributed by atoms with Crippen LogP contribution in [-0.4, -0.2) is 25.6 Å². The average molecular weight is 451 g/mol. The van der Waals surface area contributed by atoms with Crippen LogP contribution in [0.1, 0.15) is 27.0 Å². The molecule has 0 saturated heterocycles. The molecule has 0 aliphatic carbocycles. The first-order valence-electron chi connectivity index (χ1n) is 9.76. The molecule has 1 amide bonds. The van der Waals surface area contributed by atoms with E-state index in [0.29, 0.717) is 22.8 Å². The summed E-state index contributed by atoms with van der Waals surface area (Å²) >= 11 is 1.32. The maximum Gasteiger partial charge on any atom is 0.260 e. The average Bonchev–Trinajstić information content (AvgIpc) is 3.15. The van der Waals surface area contributed by atoms with E-state index >= 15 is 0 Å². The van der Waals surface area contributed by atoms with Gasteiger partial charge in [0, 0.05) is 11.8 Å². The Hall–Kier alpha value is -3.03. The molecule has 3 aromatic carbocycles. The lowest BCUT2D eigenvalue weighted by Crippen LogP contribution is -2.30. The van der Waals surface area contributed by atoms with E-state index in [1.165, 1.54) is 17.6 Å². The summed E-state index contributed by atoms with van der Waals surface area (Å²) in [6.45, 7) is 4.29. The van der Waals surface area contributed by atoms with Crippen LogP contribution in [0.4, 0.5) is 5.13 Å². The normalized spacial score (nSPS) is 11.6. The van der Waals surface area contributed by atoms with Crippen molar-refractivity contribution >= 4 is 42.4 Å². The summed E-state index contributed by atoms with van der Waals surface area (Å²) < 4.78 is 24.6. The highest BCUT2D eigenvalue weighted by molar-refractivity contribution is 7.90. The number of aryl methyl sites for hydroxylation is 2. The molecule has 0 bridgehead atoms. The van der Waals surface area contributed by atoms with E-state index < -0.39 is 9.84 Å². The number of nitrogens with zero attached hydrogens (tertiary/aromatic N) is 2. The van der Waals surface area contributed by atoms with Gasteiger partial charge >= 0.3 is 0 Å². The van der Waals surface area contributed by atoms with Gasteiger partial charge in [0.05, 0.1) is 21.7 Å². The molecule has 158 valence electrons. The molecular formula is C24H22N2O3S2. The van der Waals surface area contributed by atoms with Gasteiger partial charge in [0.15, 0.2) is 15.0 Å². The predicted octanol–water partition coefficient (Wildman–Crippen LogP) is 5.16. The first-order chi connectivity index (χ1) is 14.7. The quantitative estimate of drug-likeness (QED) is 0.421. The smallest absolute Gasteiger partial charge is 0.260 e. The number of aromatic nitrogens is 1. The molecule has 0 radical (unpaired) electrons. The van der Waals surface area contributed by atoms with Gasteiger partial charge in [-0.15, -0.1) is 0 Å². The molecule has 0 aliphatic rings. The number of rotatable bonds is 5. The van der Waals surface area contributed by atoms with Crippen molar-refractivity contribution in [2.45, 2.75) is 25.3 Å². The lowest BCUT2D eigenvalue weighted by atomic mass is 10.0. The lowest BCUT2D eigenvalue weighted by Gasteiger charge is -2.21. The lowest BCUT2D eigenvalue weighted by molar-refractivity contribution is 0.0984. The number of benzene rings is 3. The van der Waals surface area contributed by atoms with Gasteiger partial charge < -0.3 is 0 Å². The third kappa shape index (κ3) is 4.52. The molecule has 0 fully saturated rings. The summed E-state index contributed by atoms with van der Waals surface area (Å²) in [4.78, 5) is 20.1. The van der Waals surface area contributed by atoms with Crippen LogP contribution >= 0.6 is 11.3 Å². The third-order valence-electron chi connectivity index (χ3n) is 5.05. The fourth-order valence-electron chi connectivity index (χ4n) is 3.43. The number of amides is 1. The summed E-state index contributed by atoms with van der Waals surface area (Å²) in [5, 5.41) is 0.537. The van der Waals surface area contributed by atoms with Crippen LogP contribution in [0.15, 0.2) is 71.6 Å². The van der Waals surface area contributed by atoms with Crippen LogP contribution in [0.25, 0.3) is 10.2 Å². The number of carbonyl (C=O) groups excluding carboxylic acids is 1. The Morgan fingerprint density at radius 3 is 2.42 bits per heavy atom. The maximum atomic E-state index is 13.6. The number of anilines is 1. The summed E-state index contributed by atoms with van der Waals surface area (Å²) in [6, 6.07) is 20.4. The summed E-state index contributed by atoms with van der Waals surface area (Å²) in [5.41, 5.74) is 4.27. The first kappa shape index (κ1) is 21.2. The van der Waals surface area contributed by atoms with Crippen LogP contribution in [0.5, 0.6) is 0 Å². The molecule has 0 spiro atoms. The number of thiazole rings is 1. The van der Waals surface area contributed by atoms with E-state index in [1.807, 2.05) is 62.4 Å². The Bertz CT molecular complexity index is 1380. The van der Waals surface area contributed by atoms with Crippen LogP contribution in [0.2, 0.25) is 0 Å². The number of hydrogen-bond acceptors (Lipinski definition) is 5. The number of fused-ring (bicyclic) bond motifs is 1. The Kier molecular flexibility index (Phi) is 5.64. The van der Waals surface area contributed by atoms with E-state index in [1.54, 1.807) is 23.1 Å². The minimum atomic E-state index is -3.32. The summed E-state index contributed by atoms with van der Waals surface area (Å²) in [5.74, 6) is -0.135. The van der Waals surface area contributed by atoms with Crippen molar-refractivity contribution in [2.24, 2.45) is 0 Å². The molecule has 0 N–H and O–H groups in total. The van der Waals surface area contributed by atoms with Crippen LogP contribution in [0, 0.1) is 13.8 Å². The second-order valence-electron chi connectivity index (χ2n) is 7.59. The van der Waals surface area contributed by atoms with Gasteiger partial charge in [-0.2, -0.15) is 0 Å². The molecule has 1 aromatic heterocycles. The minimum absolute atomic E-state index is 0.135. The monoisotopic (exact) mass is 450 g/mol. The molecular weight excluding hydrogens is 428 g/mol. The van der Waals surface area contributed by atoms with E-state index in [4.69, 9.17) is 0 Å². The van der Waals surface area contributed by atoms with E-state index in [9.17, 15) is 13.2 Å². The van der Waals surface area contributed by atoms with Gasteiger partial charge in [0.1, 0.15) is 0 Å². The van der Waals surface area contributed by atoms with Crippen molar-refractivity contribution in [3.05, 3.63) is 89.0 Å². The second-order valence-corrected chi connectivity index (χ2v) is 10.6. The highest BCUT2D eigenvalue weighted by Crippen LogP contribution is 2.32. The summed E-state index contributed by atoms with van der Waals surface area (Å²) in [6.07, 6.45) is 1.18. The number of hydrogen-bond donors (Lipinski definition) is 0. The molecule has 5 nitrogen and oxygen atoms in total. The third-order valence-corrected chi connectivity index (χ3v) is 7.20. The summed E-state index contributed by atoms with van der Waals surface area (Å²) in [7, 11) is -3.32. The van der Waals surface area contributed by atoms with Gasteiger partial charge in [-0.05, 0) is 49.2 Å². The molecule has 1 heterocycles. The molecule has 0 atom stereocenters. The van der Waals surface area contributed by atoms with Crippen molar-refractivity contribution < 1.29 is 13.2 Å². The SMILES string of the molecule is Cc1ccc(C(=O)N(Cc2ccccc2)c2nc3ccc(S(C)(=O)=O)cc3s2)c(C)c1. The Morgan fingerprint density at radius 2 is 1.74 bits per heavy atom. The zero-order valence-corrected chi connectivity index (χ0v) is 19.1. The first-order valence-corrected chi connectivity index (χ1v) is 12.5. The van der Waals surface area contributed by atoms with Crippen molar-refractivity contribution in [3.63, 3.8) is 0 Å². The Balaban J connectivity index is 1.81. The largest absolute Gasteiger partial charge is 0.279 e. The number of sulfone groups is 1. The topological polar surface area (TPSA) is 67.3 Å². The Labute approximate surface area is 185 Å². The van der Waals surface area contributed by atoms with Crippen molar-refractivity contribution in [1.82, 2.24) is 4.98 Å². The van der Waals surface area contributed by atoms with Gasteiger partial charge in [0.25, 0.3) is 5.91 Å². The van der Waals surface area contributed by atoms with Gasteiger partial charge in [-0.3, -0.25) is 9.69 Å². The molecule has 0 unspecified atom stereocenters. The van der Waals surface area contributed by atoms with Crippen molar-refractivity contribution in [2.75, 3.05) is 11.2 Å². The van der Waals surface area contributed by atoms with Gasteiger partial charge in [-0.25, -0.2) is 13.4 Å². The molecule has 31 heavy (non-hydrogen) atoms. The highest BCUT2D eigenvalue weighted by Gasteiger charge is 2.23. The Morgan fingerprint density at radius 1 is 1.00 bits per heavy atom. The molecule has 0 saturated carbocycles. The zero-order chi connectivity index (χ0) is 22.2. The van der Waals surface area contributed by atoms with Crippen molar-refractivity contribution in [3.8, 4) is 0 Å². The van der Waals surface area contributed by atoms with Gasteiger partial charge in [-0.1, -0.05) is 59.4 Å². The molecule has 4 rings (SSSR count).